The van der Waals surface area contributed by atoms with Crippen molar-refractivity contribution in [3.05, 3.63) is 89.5 Å². The summed E-state index contributed by atoms with van der Waals surface area (Å²) >= 11 is 4.24. The standard InChI is InChI=1S/C26H26N2.I2.HI/c1-26(2,3)16-23(19-12-14-24(27)21-10-6-4-8-17(19)21)20-13-15-25(28)22-11-7-5-9-18(20)22;1-2;/h4-15,27H,16,28H2,1-3H3;;1H/b23-19+,27-24?;;. The molecule has 1 aliphatic carbocycles. The van der Waals surface area contributed by atoms with Crippen molar-refractivity contribution in [3.63, 3.8) is 0 Å². The molecule has 0 radical (unpaired) electrons. The number of benzene rings is 3. The van der Waals surface area contributed by atoms with E-state index in [1.165, 1.54) is 27.7 Å². The van der Waals surface area contributed by atoms with Crippen molar-refractivity contribution in [2.75, 3.05) is 5.73 Å². The number of nitrogens with two attached hydrogens (primary N) is 2. The molecule has 0 amide bonds. The van der Waals surface area contributed by atoms with Crippen LogP contribution in [-0.4, -0.2) is 5.71 Å². The van der Waals surface area contributed by atoms with Crippen molar-refractivity contribution >= 4 is 70.5 Å². The maximum absolute atomic E-state index is 6.28. The second-order valence-electron chi connectivity index (χ2n) is 8.71. The average molecular weight is 748 g/mol. The highest BCUT2D eigenvalue weighted by Crippen LogP contribution is 2.42. The number of rotatable bonds is 2. The van der Waals surface area contributed by atoms with Gasteiger partial charge >= 0.3 is 0 Å². The fraction of sp³-hybridized carbons (Fsp3) is 0.192. The maximum atomic E-state index is 6.28. The molecule has 0 fully saturated rings. The third kappa shape index (κ3) is 5.90. The summed E-state index contributed by atoms with van der Waals surface area (Å²) < 4.78 is 0. The van der Waals surface area contributed by atoms with Crippen LogP contribution in [0.4, 0.5) is 5.69 Å². The predicted molar refractivity (Wildman–Crippen MR) is 149 cm³/mol. The molecule has 162 valence electrons. The van der Waals surface area contributed by atoms with Crippen LogP contribution < -0.4 is 35.1 Å². The normalized spacial score (nSPS) is 14.3. The van der Waals surface area contributed by atoms with Gasteiger partial charge in [0, 0.05) is 54.4 Å². The van der Waals surface area contributed by atoms with Gasteiger partial charge in [0.15, 0.2) is 0 Å². The molecule has 0 heterocycles. The first-order chi connectivity index (χ1) is 14.3. The van der Waals surface area contributed by atoms with Crippen molar-refractivity contribution < 1.29 is 29.4 Å². The predicted octanol–water partition coefficient (Wildman–Crippen LogP) is 3.66. The molecule has 1 aliphatic rings. The zero-order valence-corrected chi connectivity index (χ0v) is 24.4. The van der Waals surface area contributed by atoms with E-state index in [1.54, 1.807) is 0 Å². The molecule has 2 nitrogen and oxygen atoms in total. The Balaban J connectivity index is 0.00000111. The Morgan fingerprint density at radius 1 is 0.839 bits per heavy atom. The Morgan fingerprint density at radius 2 is 1.42 bits per heavy atom. The van der Waals surface area contributed by atoms with Crippen molar-refractivity contribution in [1.82, 2.24) is 0 Å². The minimum atomic E-state index is 0. The molecule has 0 spiro atoms. The molecular formula is C26H27I3N2. The Morgan fingerprint density at radius 3 is 2.06 bits per heavy atom. The van der Waals surface area contributed by atoms with Gasteiger partial charge in [0.2, 0.25) is 5.71 Å². The van der Waals surface area contributed by atoms with E-state index < -0.39 is 0 Å². The summed E-state index contributed by atoms with van der Waals surface area (Å²) in [7, 11) is 0. The van der Waals surface area contributed by atoms with Crippen LogP contribution in [-0.2, 0) is 0 Å². The third-order valence-corrected chi connectivity index (χ3v) is 5.27. The molecule has 5 heteroatoms. The monoisotopic (exact) mass is 748 g/mol. The molecule has 0 saturated heterocycles. The fourth-order valence-corrected chi connectivity index (χ4v) is 4.04. The second kappa shape index (κ2) is 11.3. The van der Waals surface area contributed by atoms with Crippen LogP contribution in [0.2, 0.25) is 0 Å². The highest BCUT2D eigenvalue weighted by molar-refractivity contribution is 15.0. The van der Waals surface area contributed by atoms with E-state index >= 15 is 0 Å². The van der Waals surface area contributed by atoms with Crippen LogP contribution in [0, 0.1) is 5.41 Å². The van der Waals surface area contributed by atoms with Gasteiger partial charge in [-0.1, -0.05) is 69.3 Å². The number of anilines is 1. The minimum Gasteiger partial charge on any atom is -1.00 e. The minimum absolute atomic E-state index is 0. The zero-order chi connectivity index (χ0) is 21.9. The number of allylic oxidation sites excluding steroid dienone is 4. The first-order valence-corrected chi connectivity index (χ1v) is 16.2. The Bertz CT molecular complexity index is 1150. The summed E-state index contributed by atoms with van der Waals surface area (Å²) in [6.07, 6.45) is 5.15. The molecule has 0 unspecified atom stereocenters. The van der Waals surface area contributed by atoms with E-state index in [0.717, 1.165) is 28.8 Å². The first kappa shape index (κ1) is 26.3. The van der Waals surface area contributed by atoms with Gasteiger partial charge in [-0.25, -0.2) is 0 Å². The van der Waals surface area contributed by atoms with Crippen molar-refractivity contribution in [1.29, 1.82) is 0 Å². The molecule has 0 aliphatic heterocycles. The SMILES string of the molecule is CC(C)(C)C/C(=C1/C=CC(=[NH2+])c2ccccc21)c1ccc(N)c2ccccc12.II.[I-]. The van der Waals surface area contributed by atoms with Crippen LogP contribution in [0.25, 0.3) is 21.9 Å². The molecule has 3 aromatic rings. The van der Waals surface area contributed by atoms with Gasteiger partial charge in [-0.3, -0.25) is 5.41 Å². The quantitative estimate of drug-likeness (QED) is 0.306. The van der Waals surface area contributed by atoms with Crippen LogP contribution in [0.5, 0.6) is 0 Å². The molecule has 3 aromatic carbocycles. The summed E-state index contributed by atoms with van der Waals surface area (Å²) in [6, 6.07) is 21.0. The molecule has 0 atom stereocenters. The zero-order valence-electron chi connectivity index (χ0n) is 17.9. The molecule has 4 rings (SSSR count). The van der Waals surface area contributed by atoms with E-state index in [1.807, 2.05) is 24.3 Å². The lowest BCUT2D eigenvalue weighted by molar-refractivity contribution is -0.111. The lowest BCUT2D eigenvalue weighted by Crippen LogP contribution is -3.00. The van der Waals surface area contributed by atoms with Gasteiger partial charge < -0.3 is 29.7 Å². The third-order valence-electron chi connectivity index (χ3n) is 5.27. The summed E-state index contributed by atoms with van der Waals surface area (Å²) in [5.41, 5.74) is 14.2. The lowest BCUT2D eigenvalue weighted by Gasteiger charge is -2.26. The largest absolute Gasteiger partial charge is 1.00 e. The van der Waals surface area contributed by atoms with Gasteiger partial charge in [-0.2, -0.15) is 0 Å². The number of hydrogen-bond donors (Lipinski definition) is 2. The molecular weight excluding hydrogens is 721 g/mol. The average Bonchev–Trinajstić information content (AvgIpc) is 2.74. The van der Waals surface area contributed by atoms with Gasteiger partial charge in [-0.05, 0) is 57.7 Å². The van der Waals surface area contributed by atoms with Gasteiger partial charge in [0.25, 0.3) is 0 Å². The maximum Gasteiger partial charge on any atom is 0.204 e. The molecule has 0 bridgehead atoms. The van der Waals surface area contributed by atoms with Crippen molar-refractivity contribution in [2.24, 2.45) is 5.41 Å². The smallest absolute Gasteiger partial charge is 0.204 e. The van der Waals surface area contributed by atoms with Gasteiger partial charge in [0.1, 0.15) is 0 Å². The number of halogens is 3. The second-order valence-corrected chi connectivity index (χ2v) is 8.71. The topological polar surface area (TPSA) is 51.6 Å². The fourth-order valence-electron chi connectivity index (χ4n) is 4.04. The van der Waals surface area contributed by atoms with E-state index in [-0.39, 0.29) is 29.4 Å². The highest BCUT2D eigenvalue weighted by Gasteiger charge is 2.24. The Hall–Kier alpha value is -0.940. The van der Waals surface area contributed by atoms with Crippen LogP contribution >= 0.6 is 37.2 Å². The van der Waals surface area contributed by atoms with Crippen molar-refractivity contribution in [3.8, 4) is 0 Å². The molecule has 4 N–H and O–H groups in total. The van der Waals surface area contributed by atoms with Crippen molar-refractivity contribution in [2.45, 2.75) is 27.2 Å². The van der Waals surface area contributed by atoms with E-state index in [2.05, 4.69) is 107 Å². The summed E-state index contributed by atoms with van der Waals surface area (Å²) in [4.78, 5) is 0. The molecule has 31 heavy (non-hydrogen) atoms. The van der Waals surface area contributed by atoms with Crippen LogP contribution in [0.15, 0.2) is 72.8 Å². The van der Waals surface area contributed by atoms with E-state index in [4.69, 9.17) is 11.1 Å². The number of hydrogen-bond acceptors (Lipinski definition) is 1. The number of nitrogen functional groups attached to an aromatic ring is 1. The lowest BCUT2D eigenvalue weighted by atomic mass is 9.78. The Kier molecular flexibility index (Phi) is 9.57. The van der Waals surface area contributed by atoms with Gasteiger partial charge in [0.05, 0.1) is 5.56 Å². The summed E-state index contributed by atoms with van der Waals surface area (Å²) in [6.45, 7) is 6.85. The molecule has 0 aromatic heterocycles. The van der Waals surface area contributed by atoms with Crippen LogP contribution in [0.1, 0.15) is 43.9 Å². The summed E-state index contributed by atoms with van der Waals surface area (Å²) in [5, 5.41) is 8.58. The number of fused-ring (bicyclic) bond motifs is 2. The first-order valence-electron chi connectivity index (χ1n) is 9.90. The van der Waals surface area contributed by atoms with E-state index in [9.17, 15) is 0 Å². The van der Waals surface area contributed by atoms with E-state index in [0.29, 0.717) is 0 Å². The Labute approximate surface area is 225 Å². The van der Waals surface area contributed by atoms with Crippen LogP contribution in [0.3, 0.4) is 0 Å². The highest BCUT2D eigenvalue weighted by atomic mass is 128. The van der Waals surface area contributed by atoms with Gasteiger partial charge in [-0.15, -0.1) is 0 Å². The summed E-state index contributed by atoms with van der Waals surface area (Å²) in [5.74, 6) is 0. The molecule has 0 saturated carbocycles.